The minimum Gasteiger partial charge on any atom is -0.422 e. The molecule has 0 unspecified atom stereocenters. The van der Waals surface area contributed by atoms with Gasteiger partial charge in [0.2, 0.25) is 0 Å². The molecule has 2 bridgehead atoms. The molecule has 4 rings (SSSR count). The summed E-state index contributed by atoms with van der Waals surface area (Å²) in [4.78, 5) is 15.3. The van der Waals surface area contributed by atoms with Crippen LogP contribution >= 0.6 is 0 Å². The van der Waals surface area contributed by atoms with E-state index in [1.54, 1.807) is 6.33 Å². The highest BCUT2D eigenvalue weighted by molar-refractivity contribution is 5.82. The Morgan fingerprint density at radius 2 is 2.29 bits per heavy atom. The summed E-state index contributed by atoms with van der Waals surface area (Å²) in [5.41, 5.74) is 1.42. The van der Waals surface area contributed by atoms with Gasteiger partial charge < -0.3 is 9.32 Å². The molecule has 1 saturated heterocycles. The second kappa shape index (κ2) is 3.18. The van der Waals surface area contributed by atoms with E-state index in [1.165, 1.54) is 19.3 Å². The quantitative estimate of drug-likeness (QED) is 0.749. The van der Waals surface area contributed by atoms with Gasteiger partial charge in [-0.1, -0.05) is 0 Å². The van der Waals surface area contributed by atoms with Gasteiger partial charge in [0, 0.05) is 19.5 Å². The van der Waals surface area contributed by atoms with Crippen LogP contribution in [0.15, 0.2) is 10.7 Å². The maximum absolute atomic E-state index is 5.46. The van der Waals surface area contributed by atoms with Crippen molar-refractivity contribution in [1.82, 2.24) is 15.0 Å². The fraction of sp³-hybridized carbons (Fsp3) is 0.583. The van der Waals surface area contributed by atoms with Crippen LogP contribution in [0.25, 0.3) is 11.2 Å². The molecule has 2 aromatic heterocycles. The van der Waals surface area contributed by atoms with Crippen LogP contribution in [0.4, 0.5) is 5.82 Å². The molecule has 3 heterocycles. The highest BCUT2D eigenvalue weighted by Crippen LogP contribution is 2.40. The second-order valence-electron chi connectivity index (χ2n) is 5.07. The zero-order valence-electron chi connectivity index (χ0n) is 9.76. The summed E-state index contributed by atoms with van der Waals surface area (Å²) < 4.78 is 5.46. The predicted octanol–water partition coefficient (Wildman–Crippen LogP) is 1.91. The van der Waals surface area contributed by atoms with Crippen molar-refractivity contribution in [3.8, 4) is 0 Å². The Labute approximate surface area is 98.9 Å². The number of fused-ring (bicyclic) bond motifs is 3. The lowest BCUT2D eigenvalue weighted by Gasteiger charge is -2.27. The number of hydrogen-bond acceptors (Lipinski definition) is 5. The minimum absolute atomic E-state index is 0.607. The first-order valence-corrected chi connectivity index (χ1v) is 6.16. The monoisotopic (exact) mass is 230 g/mol. The Morgan fingerprint density at radius 1 is 1.35 bits per heavy atom. The molecule has 0 spiro atoms. The van der Waals surface area contributed by atoms with Crippen molar-refractivity contribution in [3.63, 3.8) is 0 Å². The number of oxazole rings is 1. The third kappa shape index (κ3) is 1.28. The molecule has 2 atom stereocenters. The molecule has 88 valence electrons. The molecule has 5 heteroatoms. The molecule has 0 amide bonds. The normalized spacial score (nSPS) is 27.2. The van der Waals surface area contributed by atoms with Gasteiger partial charge in [-0.2, -0.15) is 4.98 Å². The number of nitrogens with zero attached hydrogens (tertiary/aromatic N) is 4. The van der Waals surface area contributed by atoms with E-state index in [0.717, 1.165) is 23.8 Å². The van der Waals surface area contributed by atoms with Crippen LogP contribution in [-0.2, 0) is 0 Å². The van der Waals surface area contributed by atoms with Gasteiger partial charge in [0.25, 0.3) is 5.71 Å². The van der Waals surface area contributed by atoms with Gasteiger partial charge in [0.05, 0.1) is 0 Å². The molecule has 2 fully saturated rings. The SMILES string of the molecule is Cc1nc2c(N3C[C@H]4CC[C@H]3C4)ncnc2o1. The van der Waals surface area contributed by atoms with Gasteiger partial charge in [0.15, 0.2) is 17.2 Å². The van der Waals surface area contributed by atoms with Crippen LogP contribution in [-0.4, -0.2) is 27.5 Å². The molecular weight excluding hydrogens is 216 g/mol. The maximum atomic E-state index is 5.46. The number of hydrogen-bond donors (Lipinski definition) is 0. The first-order chi connectivity index (χ1) is 8.31. The van der Waals surface area contributed by atoms with Gasteiger partial charge in [-0.15, -0.1) is 0 Å². The molecule has 17 heavy (non-hydrogen) atoms. The van der Waals surface area contributed by atoms with E-state index < -0.39 is 0 Å². The van der Waals surface area contributed by atoms with E-state index in [-0.39, 0.29) is 0 Å². The van der Waals surface area contributed by atoms with E-state index >= 15 is 0 Å². The van der Waals surface area contributed by atoms with Gasteiger partial charge in [-0.3, -0.25) is 0 Å². The zero-order chi connectivity index (χ0) is 11.4. The van der Waals surface area contributed by atoms with Crippen LogP contribution in [0.3, 0.4) is 0 Å². The van der Waals surface area contributed by atoms with Gasteiger partial charge >= 0.3 is 0 Å². The molecule has 2 aliphatic rings. The van der Waals surface area contributed by atoms with Gasteiger partial charge in [0.1, 0.15) is 6.33 Å². The van der Waals surface area contributed by atoms with Crippen LogP contribution < -0.4 is 4.90 Å². The van der Waals surface area contributed by atoms with E-state index in [0.29, 0.717) is 17.6 Å². The number of aromatic nitrogens is 3. The molecule has 0 radical (unpaired) electrons. The first-order valence-electron chi connectivity index (χ1n) is 6.16. The van der Waals surface area contributed by atoms with Gasteiger partial charge in [-0.25, -0.2) is 9.97 Å². The van der Waals surface area contributed by atoms with Crippen molar-refractivity contribution < 1.29 is 4.42 Å². The van der Waals surface area contributed by atoms with Crippen molar-refractivity contribution in [2.24, 2.45) is 5.92 Å². The summed E-state index contributed by atoms with van der Waals surface area (Å²) in [6.07, 6.45) is 5.54. The lowest BCUT2D eigenvalue weighted by molar-refractivity contribution is 0.547. The fourth-order valence-electron chi connectivity index (χ4n) is 3.24. The van der Waals surface area contributed by atoms with E-state index in [1.807, 2.05) is 6.92 Å². The van der Waals surface area contributed by atoms with Crippen molar-refractivity contribution in [1.29, 1.82) is 0 Å². The molecule has 0 aromatic carbocycles. The molecule has 5 nitrogen and oxygen atoms in total. The molecule has 1 aliphatic heterocycles. The number of aryl methyl sites for hydroxylation is 1. The summed E-state index contributed by atoms with van der Waals surface area (Å²) >= 11 is 0. The fourth-order valence-corrected chi connectivity index (χ4v) is 3.24. The third-order valence-electron chi connectivity index (χ3n) is 3.96. The van der Waals surface area contributed by atoms with E-state index in [9.17, 15) is 0 Å². The van der Waals surface area contributed by atoms with Crippen LogP contribution in [0.1, 0.15) is 25.2 Å². The summed E-state index contributed by atoms with van der Waals surface area (Å²) in [5, 5.41) is 0. The predicted molar refractivity (Wildman–Crippen MR) is 62.8 cm³/mol. The Hall–Kier alpha value is -1.65. The summed E-state index contributed by atoms with van der Waals surface area (Å²) in [7, 11) is 0. The standard InChI is InChI=1S/C12H14N4O/c1-7-15-10-11(13-6-14-12(10)17-7)16-5-8-2-3-9(16)4-8/h6,8-9H,2-5H2,1H3/t8-,9-/m0/s1. The van der Waals surface area contributed by atoms with Crippen molar-refractivity contribution in [2.45, 2.75) is 32.2 Å². The smallest absolute Gasteiger partial charge is 0.252 e. The molecule has 1 aliphatic carbocycles. The Morgan fingerprint density at radius 3 is 3.06 bits per heavy atom. The lowest BCUT2D eigenvalue weighted by atomic mass is 10.1. The maximum Gasteiger partial charge on any atom is 0.252 e. The van der Waals surface area contributed by atoms with Crippen LogP contribution in [0, 0.1) is 12.8 Å². The summed E-state index contributed by atoms with van der Waals surface area (Å²) in [5.74, 6) is 2.46. The molecule has 1 saturated carbocycles. The number of anilines is 1. The average molecular weight is 230 g/mol. The summed E-state index contributed by atoms with van der Waals surface area (Å²) in [6.45, 7) is 2.96. The minimum atomic E-state index is 0.607. The molecular formula is C12H14N4O. The first kappa shape index (κ1) is 9.39. The molecule has 0 N–H and O–H groups in total. The topological polar surface area (TPSA) is 55.1 Å². The Kier molecular flexibility index (Phi) is 1.76. The Balaban J connectivity index is 1.85. The van der Waals surface area contributed by atoms with Crippen LogP contribution in [0.2, 0.25) is 0 Å². The lowest BCUT2D eigenvalue weighted by Crippen LogP contribution is -2.32. The van der Waals surface area contributed by atoms with E-state index in [2.05, 4.69) is 19.9 Å². The van der Waals surface area contributed by atoms with Gasteiger partial charge in [-0.05, 0) is 25.2 Å². The zero-order valence-corrected chi connectivity index (χ0v) is 9.76. The highest BCUT2D eigenvalue weighted by atomic mass is 16.4. The average Bonchev–Trinajstić information content (AvgIpc) is 3.00. The van der Waals surface area contributed by atoms with Crippen molar-refractivity contribution in [2.75, 3.05) is 11.4 Å². The number of piperidine rings is 1. The second-order valence-corrected chi connectivity index (χ2v) is 5.07. The van der Waals surface area contributed by atoms with Crippen LogP contribution in [0.5, 0.6) is 0 Å². The van der Waals surface area contributed by atoms with Crippen molar-refractivity contribution >= 4 is 17.0 Å². The number of rotatable bonds is 1. The highest BCUT2D eigenvalue weighted by Gasteiger charge is 2.39. The summed E-state index contributed by atoms with van der Waals surface area (Å²) in [6, 6.07) is 0.648. The third-order valence-corrected chi connectivity index (χ3v) is 3.96. The van der Waals surface area contributed by atoms with Crippen molar-refractivity contribution in [3.05, 3.63) is 12.2 Å². The van der Waals surface area contributed by atoms with E-state index in [4.69, 9.17) is 4.42 Å². The Bertz CT molecular complexity index is 579. The molecule has 2 aromatic rings. The largest absolute Gasteiger partial charge is 0.422 e.